The molecule has 100 valence electrons. The van der Waals surface area contributed by atoms with Gasteiger partial charge in [-0.3, -0.25) is 4.55 Å². The molecule has 2 aromatic carbocycles. The van der Waals surface area contributed by atoms with Crippen LogP contribution in [0, 0.1) is 0 Å². The van der Waals surface area contributed by atoms with E-state index in [9.17, 15) is 18.1 Å². The van der Waals surface area contributed by atoms with Gasteiger partial charge in [0.25, 0.3) is 10.1 Å². The third-order valence-corrected chi connectivity index (χ3v) is 4.05. The standard InChI is InChI=1S/C14H14O4S/c15-13(11-7-3-1-4-8-11)14(19(16,17)18)12-9-5-2-6-10-12/h1-10,13-15H,(H,16,17,18)/t13-,14+/m0/s1. The second kappa shape index (κ2) is 5.52. The molecule has 5 heteroatoms. The topological polar surface area (TPSA) is 74.6 Å². The average molecular weight is 278 g/mol. The fourth-order valence-electron chi connectivity index (χ4n) is 1.98. The summed E-state index contributed by atoms with van der Waals surface area (Å²) in [6.45, 7) is 0. The van der Waals surface area contributed by atoms with Gasteiger partial charge in [0.05, 0.1) is 0 Å². The lowest BCUT2D eigenvalue weighted by molar-refractivity contribution is 0.167. The molecule has 2 rings (SSSR count). The van der Waals surface area contributed by atoms with E-state index >= 15 is 0 Å². The third-order valence-electron chi connectivity index (χ3n) is 2.88. The molecule has 0 aliphatic carbocycles. The van der Waals surface area contributed by atoms with Gasteiger partial charge in [0.15, 0.2) is 0 Å². The monoisotopic (exact) mass is 278 g/mol. The Morgan fingerprint density at radius 3 is 1.63 bits per heavy atom. The van der Waals surface area contributed by atoms with Crippen molar-refractivity contribution in [3.8, 4) is 0 Å². The van der Waals surface area contributed by atoms with Crippen LogP contribution in [0.4, 0.5) is 0 Å². The van der Waals surface area contributed by atoms with Crippen molar-refractivity contribution in [1.82, 2.24) is 0 Å². The Labute approximate surface area is 112 Å². The Morgan fingerprint density at radius 1 is 0.789 bits per heavy atom. The summed E-state index contributed by atoms with van der Waals surface area (Å²) in [7, 11) is -4.42. The lowest BCUT2D eigenvalue weighted by atomic mass is 10.0. The van der Waals surface area contributed by atoms with Gasteiger partial charge in [-0.15, -0.1) is 0 Å². The average Bonchev–Trinajstić information content (AvgIpc) is 2.39. The van der Waals surface area contributed by atoms with E-state index in [1.54, 1.807) is 60.7 Å². The summed E-state index contributed by atoms with van der Waals surface area (Å²) in [5.74, 6) is 0. The second-order valence-corrected chi connectivity index (χ2v) is 5.74. The summed E-state index contributed by atoms with van der Waals surface area (Å²) >= 11 is 0. The van der Waals surface area contributed by atoms with Gasteiger partial charge in [0, 0.05) is 0 Å². The predicted octanol–water partition coefficient (Wildman–Crippen LogP) is 2.35. The smallest absolute Gasteiger partial charge is 0.274 e. The minimum absolute atomic E-state index is 0.348. The van der Waals surface area contributed by atoms with Crippen molar-refractivity contribution in [2.24, 2.45) is 0 Å². The first-order chi connectivity index (χ1) is 9.00. The van der Waals surface area contributed by atoms with Gasteiger partial charge in [0.1, 0.15) is 11.4 Å². The summed E-state index contributed by atoms with van der Waals surface area (Å²) in [6, 6.07) is 16.6. The number of rotatable bonds is 4. The number of hydrogen-bond donors (Lipinski definition) is 2. The molecule has 0 aliphatic rings. The van der Waals surface area contributed by atoms with Crippen molar-refractivity contribution in [2.45, 2.75) is 11.4 Å². The third kappa shape index (κ3) is 3.20. The molecule has 2 atom stereocenters. The first-order valence-electron chi connectivity index (χ1n) is 5.74. The Morgan fingerprint density at radius 2 is 1.21 bits per heavy atom. The van der Waals surface area contributed by atoms with E-state index in [1.807, 2.05) is 0 Å². The first kappa shape index (κ1) is 13.7. The maximum Gasteiger partial charge on any atom is 0.274 e. The van der Waals surface area contributed by atoms with Crippen LogP contribution >= 0.6 is 0 Å². The van der Waals surface area contributed by atoms with Crippen LogP contribution in [0.15, 0.2) is 60.7 Å². The molecule has 0 fully saturated rings. The molecular formula is C14H14O4S. The van der Waals surface area contributed by atoms with Crippen molar-refractivity contribution in [3.63, 3.8) is 0 Å². The fraction of sp³-hybridized carbons (Fsp3) is 0.143. The first-order valence-corrected chi connectivity index (χ1v) is 7.25. The number of aliphatic hydroxyl groups excluding tert-OH is 1. The Bertz CT molecular complexity index is 623. The molecule has 0 spiro atoms. The van der Waals surface area contributed by atoms with E-state index in [4.69, 9.17) is 0 Å². The van der Waals surface area contributed by atoms with Gasteiger partial charge in [0.2, 0.25) is 0 Å². The quantitative estimate of drug-likeness (QED) is 0.842. The highest BCUT2D eigenvalue weighted by molar-refractivity contribution is 7.86. The van der Waals surface area contributed by atoms with Gasteiger partial charge in [-0.25, -0.2) is 0 Å². The molecule has 0 bridgehead atoms. The number of aliphatic hydroxyl groups is 1. The van der Waals surface area contributed by atoms with Gasteiger partial charge in [-0.2, -0.15) is 8.42 Å². The molecule has 2 aromatic rings. The van der Waals surface area contributed by atoms with E-state index < -0.39 is 21.5 Å². The molecule has 0 aromatic heterocycles. The minimum atomic E-state index is -4.42. The molecule has 0 amide bonds. The Hall–Kier alpha value is -1.69. The van der Waals surface area contributed by atoms with Crippen molar-refractivity contribution in [2.75, 3.05) is 0 Å². The molecule has 0 aliphatic heterocycles. The van der Waals surface area contributed by atoms with Gasteiger partial charge in [-0.05, 0) is 11.1 Å². The van der Waals surface area contributed by atoms with Crippen molar-refractivity contribution in [1.29, 1.82) is 0 Å². The molecule has 0 saturated heterocycles. The summed E-state index contributed by atoms with van der Waals surface area (Å²) in [4.78, 5) is 0. The van der Waals surface area contributed by atoms with Crippen LogP contribution in [0.2, 0.25) is 0 Å². The maximum atomic E-state index is 11.5. The molecular weight excluding hydrogens is 264 g/mol. The SMILES string of the molecule is O=S(=O)(O)[C@H](c1ccccc1)[C@@H](O)c1ccccc1. The molecule has 2 N–H and O–H groups in total. The van der Waals surface area contributed by atoms with Crippen LogP contribution in [0.1, 0.15) is 22.5 Å². The molecule has 0 unspecified atom stereocenters. The summed E-state index contributed by atoms with van der Waals surface area (Å²) in [5.41, 5.74) is 0.787. The zero-order valence-electron chi connectivity index (χ0n) is 10.0. The molecule has 4 nitrogen and oxygen atoms in total. The van der Waals surface area contributed by atoms with E-state index in [1.165, 1.54) is 0 Å². The minimum Gasteiger partial charge on any atom is -0.387 e. The highest BCUT2D eigenvalue weighted by Gasteiger charge is 2.33. The maximum absolute atomic E-state index is 11.5. The summed E-state index contributed by atoms with van der Waals surface area (Å²) < 4.78 is 32.5. The predicted molar refractivity (Wildman–Crippen MR) is 72.1 cm³/mol. The Kier molecular flexibility index (Phi) is 3.99. The molecule has 0 radical (unpaired) electrons. The van der Waals surface area contributed by atoms with Crippen molar-refractivity contribution < 1.29 is 18.1 Å². The van der Waals surface area contributed by atoms with Crippen LogP contribution in [-0.4, -0.2) is 18.1 Å². The lowest BCUT2D eigenvalue weighted by Gasteiger charge is -2.21. The number of benzene rings is 2. The fourth-order valence-corrected chi connectivity index (χ4v) is 2.97. The van der Waals surface area contributed by atoms with Gasteiger partial charge < -0.3 is 5.11 Å². The molecule has 0 heterocycles. The van der Waals surface area contributed by atoms with E-state index in [2.05, 4.69) is 0 Å². The lowest BCUT2D eigenvalue weighted by Crippen LogP contribution is -2.20. The summed E-state index contributed by atoms with van der Waals surface area (Å²) in [5, 5.41) is 8.84. The zero-order valence-corrected chi connectivity index (χ0v) is 10.9. The van der Waals surface area contributed by atoms with E-state index in [0.29, 0.717) is 11.1 Å². The van der Waals surface area contributed by atoms with Crippen LogP contribution in [0.3, 0.4) is 0 Å². The van der Waals surface area contributed by atoms with E-state index in [-0.39, 0.29) is 0 Å². The highest BCUT2D eigenvalue weighted by Crippen LogP contribution is 2.34. The second-order valence-electron chi connectivity index (χ2n) is 4.20. The van der Waals surface area contributed by atoms with Crippen molar-refractivity contribution >= 4 is 10.1 Å². The van der Waals surface area contributed by atoms with Crippen LogP contribution < -0.4 is 0 Å². The van der Waals surface area contributed by atoms with Crippen molar-refractivity contribution in [3.05, 3.63) is 71.8 Å². The van der Waals surface area contributed by atoms with E-state index in [0.717, 1.165) is 0 Å². The molecule has 19 heavy (non-hydrogen) atoms. The number of hydrogen-bond acceptors (Lipinski definition) is 3. The summed E-state index contributed by atoms with van der Waals surface area (Å²) in [6.07, 6.45) is -1.32. The molecule has 0 saturated carbocycles. The largest absolute Gasteiger partial charge is 0.387 e. The van der Waals surface area contributed by atoms with Crippen LogP contribution in [-0.2, 0) is 10.1 Å². The highest BCUT2D eigenvalue weighted by atomic mass is 32.2. The zero-order chi connectivity index (χ0) is 13.9. The van der Waals surface area contributed by atoms with Gasteiger partial charge in [-0.1, -0.05) is 60.7 Å². The van der Waals surface area contributed by atoms with Crippen LogP contribution in [0.25, 0.3) is 0 Å². The normalized spacial score (nSPS) is 14.8. The van der Waals surface area contributed by atoms with Crippen LogP contribution in [0.5, 0.6) is 0 Å². The van der Waals surface area contributed by atoms with Gasteiger partial charge >= 0.3 is 0 Å². The Balaban J connectivity index is 2.46.